The van der Waals surface area contributed by atoms with E-state index in [9.17, 15) is 22.8 Å². The van der Waals surface area contributed by atoms with Crippen molar-refractivity contribution in [2.24, 2.45) is 0 Å². The summed E-state index contributed by atoms with van der Waals surface area (Å²) in [6, 6.07) is 5.23. The summed E-state index contributed by atoms with van der Waals surface area (Å²) in [6.07, 6.45) is -5.93. The fourth-order valence-corrected chi connectivity index (χ4v) is 2.87. The van der Waals surface area contributed by atoms with Gasteiger partial charge in [0.2, 0.25) is 11.8 Å². The van der Waals surface area contributed by atoms with Gasteiger partial charge in [-0.3, -0.25) is 14.5 Å². The van der Waals surface area contributed by atoms with E-state index in [0.717, 1.165) is 11.1 Å². The van der Waals surface area contributed by atoms with Gasteiger partial charge in [0.1, 0.15) is 6.42 Å². The summed E-state index contributed by atoms with van der Waals surface area (Å²) in [7, 11) is 0. The lowest BCUT2D eigenvalue weighted by atomic mass is 10.1. The van der Waals surface area contributed by atoms with Crippen LogP contribution in [-0.4, -0.2) is 60.0 Å². The number of halogens is 3. The van der Waals surface area contributed by atoms with E-state index in [0.29, 0.717) is 18.8 Å². The van der Waals surface area contributed by atoms with Gasteiger partial charge < -0.3 is 10.2 Å². The molecule has 1 aromatic carbocycles. The maximum absolute atomic E-state index is 12.4. The average Bonchev–Trinajstić information content (AvgIpc) is 2.56. The van der Waals surface area contributed by atoms with Crippen molar-refractivity contribution < 1.29 is 22.8 Å². The second kappa shape index (κ2) is 8.07. The number of benzene rings is 1. The number of anilines is 1. The predicted molar refractivity (Wildman–Crippen MR) is 92.8 cm³/mol. The SMILES string of the molecule is Cc1ccc(NC(=O)C(C)N2CCN(C(=O)CC(F)(F)F)CC2)cc1C. The molecular formula is C18H24F3N3O2. The Morgan fingerprint density at radius 1 is 1.12 bits per heavy atom. The number of nitrogens with zero attached hydrogens (tertiary/aromatic N) is 2. The van der Waals surface area contributed by atoms with Gasteiger partial charge in [-0.1, -0.05) is 6.07 Å². The fraction of sp³-hybridized carbons (Fsp3) is 0.556. The predicted octanol–water partition coefficient (Wildman–Crippen LogP) is 2.73. The third-order valence-electron chi connectivity index (χ3n) is 4.72. The zero-order valence-corrected chi connectivity index (χ0v) is 15.2. The molecule has 1 aliphatic heterocycles. The van der Waals surface area contributed by atoms with Crippen molar-refractivity contribution in [3.8, 4) is 0 Å². The fourth-order valence-electron chi connectivity index (χ4n) is 2.87. The standard InChI is InChI=1S/C18H24F3N3O2/c1-12-4-5-15(10-13(12)2)22-17(26)14(3)23-6-8-24(9-7-23)16(25)11-18(19,20)21/h4-5,10,14H,6-9,11H2,1-3H3,(H,22,26). The Balaban J connectivity index is 1.87. The highest BCUT2D eigenvalue weighted by atomic mass is 19.4. The van der Waals surface area contributed by atoms with E-state index in [-0.39, 0.29) is 19.0 Å². The quantitative estimate of drug-likeness (QED) is 0.886. The third kappa shape index (κ3) is 5.45. The molecule has 0 aliphatic carbocycles. The third-order valence-corrected chi connectivity index (χ3v) is 4.72. The lowest BCUT2D eigenvalue weighted by molar-refractivity contribution is -0.162. The van der Waals surface area contributed by atoms with Crippen LogP contribution in [0.15, 0.2) is 18.2 Å². The smallest absolute Gasteiger partial charge is 0.340 e. The minimum Gasteiger partial charge on any atom is -0.340 e. The Morgan fingerprint density at radius 2 is 1.73 bits per heavy atom. The number of amides is 2. The highest BCUT2D eigenvalue weighted by molar-refractivity contribution is 5.94. The molecule has 144 valence electrons. The lowest BCUT2D eigenvalue weighted by Crippen LogP contribution is -2.54. The van der Waals surface area contributed by atoms with Crippen LogP contribution in [0.4, 0.5) is 18.9 Å². The minimum atomic E-state index is -4.49. The summed E-state index contributed by atoms with van der Waals surface area (Å²) in [5.41, 5.74) is 2.92. The first kappa shape index (κ1) is 20.2. The van der Waals surface area contributed by atoms with Gasteiger partial charge in [-0.15, -0.1) is 0 Å². The normalized spacial score (nSPS) is 17.1. The number of piperazine rings is 1. The van der Waals surface area contributed by atoms with Gasteiger partial charge in [0.05, 0.1) is 6.04 Å². The first-order valence-corrected chi connectivity index (χ1v) is 8.53. The van der Waals surface area contributed by atoms with E-state index in [1.807, 2.05) is 36.9 Å². The van der Waals surface area contributed by atoms with Crippen LogP contribution in [0.25, 0.3) is 0 Å². The molecule has 0 bridgehead atoms. The van der Waals surface area contributed by atoms with Crippen LogP contribution in [0.1, 0.15) is 24.5 Å². The van der Waals surface area contributed by atoms with Gasteiger partial charge in [0, 0.05) is 31.9 Å². The van der Waals surface area contributed by atoms with Crippen LogP contribution in [0.5, 0.6) is 0 Å². The molecule has 8 heteroatoms. The van der Waals surface area contributed by atoms with E-state index in [1.165, 1.54) is 4.90 Å². The molecule has 1 aliphatic rings. The molecule has 0 radical (unpaired) electrons. The number of hydrogen-bond acceptors (Lipinski definition) is 3. The van der Waals surface area contributed by atoms with E-state index in [1.54, 1.807) is 6.92 Å². The van der Waals surface area contributed by atoms with Gasteiger partial charge in [-0.05, 0) is 44.0 Å². The Bertz CT molecular complexity index is 668. The summed E-state index contributed by atoms with van der Waals surface area (Å²) in [5.74, 6) is -1.09. The van der Waals surface area contributed by atoms with Gasteiger partial charge in [-0.25, -0.2) is 0 Å². The second-order valence-corrected chi connectivity index (χ2v) is 6.67. The Kier molecular flexibility index (Phi) is 6.28. The van der Waals surface area contributed by atoms with Crippen LogP contribution in [0, 0.1) is 13.8 Å². The summed E-state index contributed by atoms with van der Waals surface area (Å²) in [5, 5.41) is 2.86. The molecule has 26 heavy (non-hydrogen) atoms. The van der Waals surface area contributed by atoms with Crippen molar-refractivity contribution in [2.45, 2.75) is 39.4 Å². The van der Waals surface area contributed by atoms with Gasteiger partial charge in [0.15, 0.2) is 0 Å². The number of rotatable bonds is 4. The Morgan fingerprint density at radius 3 is 2.27 bits per heavy atom. The lowest BCUT2D eigenvalue weighted by Gasteiger charge is -2.37. The van der Waals surface area contributed by atoms with Crippen LogP contribution >= 0.6 is 0 Å². The molecule has 1 fully saturated rings. The molecule has 1 aromatic rings. The van der Waals surface area contributed by atoms with E-state index < -0.39 is 24.5 Å². The number of carbonyl (C=O) groups excluding carboxylic acids is 2. The van der Waals surface area contributed by atoms with E-state index in [4.69, 9.17) is 0 Å². The van der Waals surface area contributed by atoms with Crippen LogP contribution in [-0.2, 0) is 9.59 Å². The first-order chi connectivity index (χ1) is 12.1. The second-order valence-electron chi connectivity index (χ2n) is 6.67. The van der Waals surface area contributed by atoms with Crippen molar-refractivity contribution in [3.63, 3.8) is 0 Å². The highest BCUT2D eigenvalue weighted by Crippen LogP contribution is 2.21. The molecule has 0 saturated carbocycles. The van der Waals surface area contributed by atoms with Gasteiger partial charge >= 0.3 is 6.18 Å². The summed E-state index contributed by atoms with van der Waals surface area (Å²) in [6.45, 7) is 6.82. The molecular weight excluding hydrogens is 347 g/mol. The monoisotopic (exact) mass is 371 g/mol. The molecule has 1 N–H and O–H groups in total. The summed E-state index contributed by atoms with van der Waals surface area (Å²) < 4.78 is 37.0. The molecule has 1 atom stereocenters. The van der Waals surface area contributed by atoms with Crippen LogP contribution in [0.3, 0.4) is 0 Å². The topological polar surface area (TPSA) is 52.7 Å². The highest BCUT2D eigenvalue weighted by Gasteiger charge is 2.35. The molecule has 1 unspecified atom stereocenters. The molecule has 2 amide bonds. The number of alkyl halides is 3. The van der Waals surface area contributed by atoms with Crippen molar-refractivity contribution in [3.05, 3.63) is 29.3 Å². The minimum absolute atomic E-state index is 0.177. The number of aryl methyl sites for hydroxylation is 2. The van der Waals surface area contributed by atoms with Crippen molar-refractivity contribution in [1.29, 1.82) is 0 Å². The van der Waals surface area contributed by atoms with Crippen molar-refractivity contribution in [1.82, 2.24) is 9.80 Å². The van der Waals surface area contributed by atoms with E-state index in [2.05, 4.69) is 5.32 Å². The van der Waals surface area contributed by atoms with Crippen molar-refractivity contribution >= 4 is 17.5 Å². The average molecular weight is 371 g/mol. The summed E-state index contributed by atoms with van der Waals surface area (Å²) >= 11 is 0. The van der Waals surface area contributed by atoms with Crippen LogP contribution < -0.4 is 5.32 Å². The Hall–Kier alpha value is -2.09. The maximum atomic E-state index is 12.4. The first-order valence-electron chi connectivity index (χ1n) is 8.53. The van der Waals surface area contributed by atoms with Gasteiger partial charge in [-0.2, -0.15) is 13.2 Å². The van der Waals surface area contributed by atoms with E-state index >= 15 is 0 Å². The molecule has 5 nitrogen and oxygen atoms in total. The maximum Gasteiger partial charge on any atom is 0.397 e. The molecule has 0 aromatic heterocycles. The number of carbonyl (C=O) groups is 2. The zero-order valence-electron chi connectivity index (χ0n) is 15.2. The molecule has 2 rings (SSSR count). The van der Waals surface area contributed by atoms with Crippen LogP contribution in [0.2, 0.25) is 0 Å². The summed E-state index contributed by atoms with van der Waals surface area (Å²) in [4.78, 5) is 27.1. The molecule has 1 heterocycles. The zero-order chi connectivity index (χ0) is 19.5. The molecule has 1 saturated heterocycles. The number of hydrogen-bond donors (Lipinski definition) is 1. The number of nitrogens with one attached hydrogen (secondary N) is 1. The molecule has 0 spiro atoms. The Labute approximate surface area is 151 Å². The van der Waals surface area contributed by atoms with Crippen molar-refractivity contribution in [2.75, 3.05) is 31.5 Å². The largest absolute Gasteiger partial charge is 0.397 e. The van der Waals surface area contributed by atoms with Gasteiger partial charge in [0.25, 0.3) is 0 Å².